The average molecular weight is 332 g/mol. The molecule has 2 heterocycles. The van der Waals surface area contributed by atoms with Crippen LogP contribution in [0.4, 0.5) is 11.5 Å². The number of methoxy groups -OCH3 is 1. The van der Waals surface area contributed by atoms with Crippen LogP contribution in [0.15, 0.2) is 12.1 Å². The Balaban J connectivity index is 1.77. The number of nitrogens with one attached hydrogen (secondary N) is 1. The summed E-state index contributed by atoms with van der Waals surface area (Å²) in [5.74, 6) is 1.92. The second-order valence-electron chi connectivity index (χ2n) is 6.53. The van der Waals surface area contributed by atoms with Gasteiger partial charge < -0.3 is 19.9 Å². The van der Waals surface area contributed by atoms with E-state index >= 15 is 0 Å². The molecule has 1 N–H and O–H groups in total. The van der Waals surface area contributed by atoms with Gasteiger partial charge in [-0.15, -0.1) is 0 Å². The van der Waals surface area contributed by atoms with Crippen molar-refractivity contribution in [2.75, 3.05) is 43.5 Å². The van der Waals surface area contributed by atoms with Gasteiger partial charge in [-0.05, 0) is 18.4 Å². The number of carbonyl (C=O) groups is 2. The number of rotatable bonds is 4. The molecule has 1 aromatic heterocycles. The topological polar surface area (TPSA) is 74.8 Å². The zero-order valence-electron chi connectivity index (χ0n) is 14.4. The van der Waals surface area contributed by atoms with E-state index in [4.69, 9.17) is 4.74 Å². The smallest absolute Gasteiger partial charge is 0.227 e. The molecule has 2 fully saturated rings. The van der Waals surface area contributed by atoms with Crippen molar-refractivity contribution < 1.29 is 14.3 Å². The highest BCUT2D eigenvalue weighted by molar-refractivity contribution is 5.96. The van der Waals surface area contributed by atoms with Gasteiger partial charge in [-0.1, -0.05) is 6.92 Å². The second-order valence-corrected chi connectivity index (χ2v) is 6.53. The quantitative estimate of drug-likeness (QED) is 0.901. The number of aromatic nitrogens is 1. The molecule has 1 aliphatic carbocycles. The average Bonchev–Trinajstić information content (AvgIpc) is 3.32. The van der Waals surface area contributed by atoms with E-state index in [0.29, 0.717) is 49.5 Å². The van der Waals surface area contributed by atoms with Crippen molar-refractivity contribution in [2.24, 2.45) is 11.8 Å². The lowest BCUT2D eigenvalue weighted by atomic mass is 10.2. The largest absolute Gasteiger partial charge is 0.481 e. The van der Waals surface area contributed by atoms with E-state index < -0.39 is 0 Å². The first-order chi connectivity index (χ1) is 11.5. The molecule has 2 amide bonds. The second kappa shape index (κ2) is 6.67. The molecule has 2 atom stereocenters. The van der Waals surface area contributed by atoms with E-state index in [1.54, 1.807) is 20.1 Å². The molecule has 1 saturated heterocycles. The van der Waals surface area contributed by atoms with Crippen LogP contribution in [-0.4, -0.2) is 55.0 Å². The molecular formula is C17H24N4O3. The summed E-state index contributed by atoms with van der Waals surface area (Å²) in [7, 11) is 1.57. The van der Waals surface area contributed by atoms with Crippen LogP contribution in [0.5, 0.6) is 5.88 Å². The molecule has 0 aromatic carbocycles. The van der Waals surface area contributed by atoms with Crippen LogP contribution >= 0.6 is 0 Å². The van der Waals surface area contributed by atoms with Gasteiger partial charge in [-0.25, -0.2) is 0 Å². The van der Waals surface area contributed by atoms with Crippen molar-refractivity contribution >= 4 is 23.3 Å². The highest BCUT2D eigenvalue weighted by Gasteiger charge is 2.39. The van der Waals surface area contributed by atoms with E-state index in [2.05, 4.69) is 22.1 Å². The Morgan fingerprint density at radius 1 is 1.25 bits per heavy atom. The lowest BCUT2D eigenvalue weighted by molar-refractivity contribution is -0.129. The molecule has 7 heteroatoms. The van der Waals surface area contributed by atoms with Crippen LogP contribution in [-0.2, 0) is 9.59 Å². The molecule has 1 aromatic rings. The molecule has 2 aliphatic rings. The number of nitrogens with zero attached hydrogens (tertiary/aromatic N) is 3. The highest BCUT2D eigenvalue weighted by atomic mass is 16.5. The number of pyridine rings is 1. The summed E-state index contributed by atoms with van der Waals surface area (Å²) in [5.41, 5.74) is 0.705. The Hall–Kier alpha value is -2.31. The predicted molar refractivity (Wildman–Crippen MR) is 91.2 cm³/mol. The van der Waals surface area contributed by atoms with Crippen molar-refractivity contribution in [3.8, 4) is 5.88 Å². The van der Waals surface area contributed by atoms with Crippen molar-refractivity contribution in [1.82, 2.24) is 9.88 Å². The van der Waals surface area contributed by atoms with Crippen molar-refractivity contribution in [3.63, 3.8) is 0 Å². The van der Waals surface area contributed by atoms with Gasteiger partial charge in [0.15, 0.2) is 5.82 Å². The van der Waals surface area contributed by atoms with Gasteiger partial charge >= 0.3 is 0 Å². The summed E-state index contributed by atoms with van der Waals surface area (Å²) in [6, 6.07) is 3.59. The summed E-state index contributed by atoms with van der Waals surface area (Å²) >= 11 is 0. The van der Waals surface area contributed by atoms with Crippen LogP contribution < -0.4 is 15.0 Å². The summed E-state index contributed by atoms with van der Waals surface area (Å²) in [4.78, 5) is 32.2. The van der Waals surface area contributed by atoms with E-state index in [1.165, 1.54) is 0 Å². The standard InChI is InChI=1S/C17H24N4O3/c1-11-10-13(11)17(23)18-14-4-5-15(24-3)19-16(14)21-8-6-20(7-9-21)12(2)22/h4-5,11,13H,6-10H2,1-3H3,(H,18,23). The normalized spacial score (nSPS) is 23.0. The minimum absolute atomic E-state index is 0.0538. The number of amides is 2. The van der Waals surface area contributed by atoms with Crippen LogP contribution in [0.2, 0.25) is 0 Å². The lowest BCUT2D eigenvalue weighted by Gasteiger charge is -2.35. The first-order valence-electron chi connectivity index (χ1n) is 8.36. The fraction of sp³-hybridized carbons (Fsp3) is 0.588. The molecule has 0 spiro atoms. The number of hydrogen-bond acceptors (Lipinski definition) is 5. The molecule has 0 radical (unpaired) electrons. The Morgan fingerprint density at radius 3 is 2.46 bits per heavy atom. The van der Waals surface area contributed by atoms with Crippen LogP contribution in [0, 0.1) is 11.8 Å². The molecule has 1 saturated carbocycles. The van der Waals surface area contributed by atoms with Gasteiger partial charge in [-0.2, -0.15) is 4.98 Å². The zero-order chi connectivity index (χ0) is 17.3. The third-order valence-corrected chi connectivity index (χ3v) is 4.79. The number of ether oxygens (including phenoxy) is 1. The Kier molecular flexibility index (Phi) is 4.59. The number of hydrogen-bond donors (Lipinski definition) is 1. The van der Waals surface area contributed by atoms with Gasteiger partial charge in [0.1, 0.15) is 0 Å². The maximum absolute atomic E-state index is 12.3. The first-order valence-corrected chi connectivity index (χ1v) is 8.36. The number of carbonyl (C=O) groups excluding carboxylic acids is 2. The van der Waals surface area contributed by atoms with E-state index in [9.17, 15) is 9.59 Å². The molecular weight excluding hydrogens is 308 g/mol. The summed E-state index contributed by atoms with van der Waals surface area (Å²) in [5, 5.41) is 3.01. The Morgan fingerprint density at radius 2 is 1.92 bits per heavy atom. The summed E-state index contributed by atoms with van der Waals surface area (Å²) < 4.78 is 5.23. The molecule has 3 rings (SSSR count). The molecule has 24 heavy (non-hydrogen) atoms. The monoisotopic (exact) mass is 332 g/mol. The van der Waals surface area contributed by atoms with E-state index in [1.807, 2.05) is 11.0 Å². The van der Waals surface area contributed by atoms with Gasteiger partial charge in [0.2, 0.25) is 17.7 Å². The fourth-order valence-electron chi connectivity index (χ4n) is 3.03. The minimum Gasteiger partial charge on any atom is -0.481 e. The molecule has 1 aliphatic heterocycles. The van der Waals surface area contributed by atoms with Gasteiger partial charge in [0.05, 0.1) is 12.8 Å². The maximum atomic E-state index is 12.3. The lowest BCUT2D eigenvalue weighted by Crippen LogP contribution is -2.48. The van der Waals surface area contributed by atoms with E-state index in [-0.39, 0.29) is 17.7 Å². The van der Waals surface area contributed by atoms with Crippen LogP contribution in [0.25, 0.3) is 0 Å². The summed E-state index contributed by atoms with van der Waals surface area (Å²) in [6.07, 6.45) is 0.946. The molecule has 2 unspecified atom stereocenters. The predicted octanol–water partition coefficient (Wildman–Crippen LogP) is 1.35. The first kappa shape index (κ1) is 16.5. The minimum atomic E-state index is 0.0538. The number of anilines is 2. The fourth-order valence-corrected chi connectivity index (χ4v) is 3.03. The van der Waals surface area contributed by atoms with Crippen LogP contribution in [0.3, 0.4) is 0 Å². The van der Waals surface area contributed by atoms with Crippen molar-refractivity contribution in [1.29, 1.82) is 0 Å². The summed E-state index contributed by atoms with van der Waals surface area (Å²) in [6.45, 7) is 6.34. The highest BCUT2D eigenvalue weighted by Crippen LogP contribution is 2.39. The Labute approximate surface area is 142 Å². The Bertz CT molecular complexity index is 641. The number of piperazine rings is 1. The van der Waals surface area contributed by atoms with Gasteiger partial charge in [0.25, 0.3) is 0 Å². The van der Waals surface area contributed by atoms with Crippen LogP contribution in [0.1, 0.15) is 20.3 Å². The SMILES string of the molecule is COc1ccc(NC(=O)C2CC2C)c(N2CCN(C(C)=O)CC2)n1. The zero-order valence-corrected chi connectivity index (χ0v) is 14.4. The maximum Gasteiger partial charge on any atom is 0.227 e. The van der Waals surface area contributed by atoms with Crippen molar-refractivity contribution in [3.05, 3.63) is 12.1 Å². The third kappa shape index (κ3) is 3.44. The third-order valence-electron chi connectivity index (χ3n) is 4.79. The molecule has 7 nitrogen and oxygen atoms in total. The molecule has 130 valence electrons. The van der Waals surface area contributed by atoms with Crippen molar-refractivity contribution in [2.45, 2.75) is 20.3 Å². The van der Waals surface area contributed by atoms with E-state index in [0.717, 1.165) is 6.42 Å². The van der Waals surface area contributed by atoms with Gasteiger partial charge in [-0.3, -0.25) is 9.59 Å². The molecule has 0 bridgehead atoms. The van der Waals surface area contributed by atoms with Gasteiger partial charge in [0, 0.05) is 45.1 Å².